The van der Waals surface area contributed by atoms with Crippen LogP contribution in [-0.2, 0) is 4.74 Å². The zero-order valence-corrected chi connectivity index (χ0v) is 6.24. The molecule has 0 saturated heterocycles. The van der Waals surface area contributed by atoms with E-state index >= 15 is 0 Å². The second-order valence-corrected chi connectivity index (χ2v) is 2.35. The van der Waals surface area contributed by atoms with Gasteiger partial charge in [-0.1, -0.05) is 6.92 Å². The second-order valence-electron chi connectivity index (χ2n) is 2.04. The average molecular weight is 137 g/mol. The highest BCUT2D eigenvalue weighted by molar-refractivity contribution is 6.18. The monoisotopic (exact) mass is 136 g/mol. The van der Waals surface area contributed by atoms with Crippen molar-refractivity contribution in [3.63, 3.8) is 0 Å². The van der Waals surface area contributed by atoms with E-state index in [4.69, 9.17) is 16.3 Å². The van der Waals surface area contributed by atoms with Crippen molar-refractivity contribution in [2.75, 3.05) is 19.6 Å². The molecule has 2 heteroatoms. The first-order valence-electron chi connectivity index (χ1n) is 2.86. The predicted molar refractivity (Wildman–Crippen MR) is 36.4 cm³/mol. The lowest BCUT2D eigenvalue weighted by Crippen LogP contribution is -2.00. The molecule has 0 aromatic heterocycles. The highest BCUT2D eigenvalue weighted by atomic mass is 35.5. The van der Waals surface area contributed by atoms with Gasteiger partial charge in [-0.3, -0.25) is 0 Å². The van der Waals surface area contributed by atoms with Crippen molar-refractivity contribution in [2.24, 2.45) is 5.92 Å². The van der Waals surface area contributed by atoms with E-state index in [-0.39, 0.29) is 0 Å². The summed E-state index contributed by atoms with van der Waals surface area (Å²) < 4.78 is 4.86. The van der Waals surface area contributed by atoms with Gasteiger partial charge in [0.15, 0.2) is 0 Å². The molecule has 1 unspecified atom stereocenters. The van der Waals surface area contributed by atoms with Crippen LogP contribution in [0.5, 0.6) is 0 Å². The van der Waals surface area contributed by atoms with Gasteiger partial charge in [0.1, 0.15) is 0 Å². The highest BCUT2D eigenvalue weighted by Gasteiger charge is 1.96. The molecule has 0 rings (SSSR count). The summed E-state index contributed by atoms with van der Waals surface area (Å²) in [6.45, 7) is 2.94. The van der Waals surface area contributed by atoms with Crippen molar-refractivity contribution in [3.05, 3.63) is 0 Å². The van der Waals surface area contributed by atoms with Crippen molar-refractivity contribution in [3.8, 4) is 0 Å². The number of hydrogen-bond donors (Lipinski definition) is 0. The maximum atomic E-state index is 5.53. The molecule has 1 atom stereocenters. The number of alkyl halides is 1. The van der Waals surface area contributed by atoms with E-state index in [0.717, 1.165) is 18.9 Å². The number of halogens is 1. The summed E-state index contributed by atoms with van der Waals surface area (Å²) >= 11 is 5.53. The van der Waals surface area contributed by atoms with Crippen molar-refractivity contribution in [2.45, 2.75) is 13.3 Å². The van der Waals surface area contributed by atoms with Crippen LogP contribution in [0.4, 0.5) is 0 Å². The SMILES string of the molecule is COCCC(C)CCl. The number of ether oxygens (including phenoxy) is 1. The first-order valence-corrected chi connectivity index (χ1v) is 3.39. The minimum Gasteiger partial charge on any atom is -0.385 e. The third-order valence-corrected chi connectivity index (χ3v) is 1.61. The van der Waals surface area contributed by atoms with E-state index in [9.17, 15) is 0 Å². The van der Waals surface area contributed by atoms with E-state index in [1.165, 1.54) is 0 Å². The van der Waals surface area contributed by atoms with Crippen molar-refractivity contribution in [1.82, 2.24) is 0 Å². The predicted octanol–water partition coefficient (Wildman–Crippen LogP) is 1.90. The van der Waals surface area contributed by atoms with Gasteiger partial charge in [0.25, 0.3) is 0 Å². The largest absolute Gasteiger partial charge is 0.385 e. The Labute approximate surface area is 56.0 Å². The number of hydrogen-bond acceptors (Lipinski definition) is 1. The molecule has 0 saturated carbocycles. The normalized spacial score (nSPS) is 13.9. The van der Waals surface area contributed by atoms with E-state index < -0.39 is 0 Å². The molecular formula is C6H13ClO. The molecule has 0 aliphatic rings. The van der Waals surface area contributed by atoms with E-state index in [0.29, 0.717) is 5.92 Å². The third kappa shape index (κ3) is 4.41. The Balaban J connectivity index is 2.86. The summed E-state index contributed by atoms with van der Waals surface area (Å²) in [6.07, 6.45) is 1.07. The second kappa shape index (κ2) is 5.39. The van der Waals surface area contributed by atoms with Crippen LogP contribution in [-0.4, -0.2) is 19.6 Å². The quantitative estimate of drug-likeness (QED) is 0.537. The van der Waals surface area contributed by atoms with Crippen molar-refractivity contribution >= 4 is 11.6 Å². The van der Waals surface area contributed by atoms with Gasteiger partial charge in [0.2, 0.25) is 0 Å². The molecule has 8 heavy (non-hydrogen) atoms. The minimum absolute atomic E-state index is 0.594. The van der Waals surface area contributed by atoms with Crippen LogP contribution >= 0.6 is 11.6 Å². The van der Waals surface area contributed by atoms with Crippen LogP contribution in [0.25, 0.3) is 0 Å². The fourth-order valence-electron chi connectivity index (χ4n) is 0.396. The molecule has 0 aliphatic carbocycles. The van der Waals surface area contributed by atoms with Gasteiger partial charge in [-0.2, -0.15) is 0 Å². The highest BCUT2D eigenvalue weighted by Crippen LogP contribution is 2.02. The summed E-state index contributed by atoms with van der Waals surface area (Å²) in [5.41, 5.74) is 0. The molecule has 0 aliphatic heterocycles. The molecule has 0 radical (unpaired) electrons. The zero-order chi connectivity index (χ0) is 6.41. The van der Waals surface area contributed by atoms with Gasteiger partial charge in [0.05, 0.1) is 0 Å². The Bertz CT molecular complexity index is 47.8. The van der Waals surface area contributed by atoms with Gasteiger partial charge in [0, 0.05) is 19.6 Å². The molecular weight excluding hydrogens is 124 g/mol. The summed E-state index contributed by atoms with van der Waals surface area (Å²) in [4.78, 5) is 0. The van der Waals surface area contributed by atoms with Gasteiger partial charge in [-0.05, 0) is 12.3 Å². The number of methoxy groups -OCH3 is 1. The first kappa shape index (κ1) is 8.25. The third-order valence-electron chi connectivity index (χ3n) is 1.08. The molecule has 0 aromatic rings. The molecule has 0 fully saturated rings. The molecule has 1 nitrogen and oxygen atoms in total. The average Bonchev–Trinajstić information content (AvgIpc) is 1.83. The lowest BCUT2D eigenvalue weighted by Gasteiger charge is -2.03. The summed E-state index contributed by atoms with van der Waals surface area (Å²) in [5, 5.41) is 0. The summed E-state index contributed by atoms with van der Waals surface area (Å²) in [6, 6.07) is 0. The standard InChI is InChI=1S/C6H13ClO/c1-6(5-7)3-4-8-2/h6H,3-5H2,1-2H3. The van der Waals surface area contributed by atoms with Gasteiger partial charge in [-0.25, -0.2) is 0 Å². The van der Waals surface area contributed by atoms with Crippen LogP contribution in [0.2, 0.25) is 0 Å². The fraction of sp³-hybridized carbons (Fsp3) is 1.00. The van der Waals surface area contributed by atoms with Crippen LogP contribution in [0.15, 0.2) is 0 Å². The Hall–Kier alpha value is 0.250. The van der Waals surface area contributed by atoms with Gasteiger partial charge in [-0.15, -0.1) is 11.6 Å². The molecule has 0 heterocycles. The molecule has 0 bridgehead atoms. The molecule has 0 aromatic carbocycles. The van der Waals surface area contributed by atoms with Gasteiger partial charge >= 0.3 is 0 Å². The molecule has 0 spiro atoms. The Morgan fingerprint density at radius 2 is 2.25 bits per heavy atom. The Morgan fingerprint density at radius 3 is 2.62 bits per heavy atom. The van der Waals surface area contributed by atoms with Crippen LogP contribution in [0.3, 0.4) is 0 Å². The summed E-state index contributed by atoms with van der Waals surface area (Å²) in [7, 11) is 1.71. The topological polar surface area (TPSA) is 9.23 Å². The molecule has 0 amide bonds. The smallest absolute Gasteiger partial charge is 0.0465 e. The maximum absolute atomic E-state index is 5.53. The van der Waals surface area contributed by atoms with E-state index in [1.54, 1.807) is 7.11 Å². The van der Waals surface area contributed by atoms with Crippen LogP contribution in [0, 0.1) is 5.92 Å². The Kier molecular flexibility index (Phi) is 5.56. The molecule has 50 valence electrons. The summed E-state index contributed by atoms with van der Waals surface area (Å²) in [5.74, 6) is 1.33. The number of rotatable bonds is 4. The van der Waals surface area contributed by atoms with Crippen LogP contribution < -0.4 is 0 Å². The Morgan fingerprint density at radius 1 is 1.62 bits per heavy atom. The van der Waals surface area contributed by atoms with E-state index in [2.05, 4.69) is 6.92 Å². The van der Waals surface area contributed by atoms with Crippen molar-refractivity contribution in [1.29, 1.82) is 0 Å². The van der Waals surface area contributed by atoms with E-state index in [1.807, 2.05) is 0 Å². The lowest BCUT2D eigenvalue weighted by atomic mass is 10.1. The van der Waals surface area contributed by atoms with Crippen LogP contribution in [0.1, 0.15) is 13.3 Å². The minimum atomic E-state index is 0.594. The first-order chi connectivity index (χ1) is 3.81. The zero-order valence-electron chi connectivity index (χ0n) is 5.48. The fourth-order valence-corrected chi connectivity index (χ4v) is 0.550. The lowest BCUT2D eigenvalue weighted by molar-refractivity contribution is 0.183. The van der Waals surface area contributed by atoms with Crippen molar-refractivity contribution < 1.29 is 4.74 Å². The molecule has 0 N–H and O–H groups in total. The van der Waals surface area contributed by atoms with Gasteiger partial charge < -0.3 is 4.74 Å². The maximum Gasteiger partial charge on any atom is 0.0465 e.